The lowest BCUT2D eigenvalue weighted by Crippen LogP contribution is -2.34. The van der Waals surface area contributed by atoms with Crippen LogP contribution in [0, 0.1) is 5.92 Å². The van der Waals surface area contributed by atoms with Crippen molar-refractivity contribution < 1.29 is 9.47 Å². The molecule has 19 heavy (non-hydrogen) atoms. The van der Waals surface area contributed by atoms with Crippen LogP contribution in [0.15, 0.2) is 24.3 Å². The van der Waals surface area contributed by atoms with E-state index >= 15 is 0 Å². The van der Waals surface area contributed by atoms with Crippen LogP contribution < -0.4 is 10.1 Å². The Labute approximate surface area is 116 Å². The molecule has 0 radical (unpaired) electrons. The molecule has 1 saturated carbocycles. The molecule has 0 aliphatic heterocycles. The molecule has 2 atom stereocenters. The van der Waals surface area contributed by atoms with Crippen LogP contribution in [-0.4, -0.2) is 26.4 Å². The first-order valence-corrected chi connectivity index (χ1v) is 7.29. The minimum Gasteiger partial charge on any atom is -0.494 e. The van der Waals surface area contributed by atoms with E-state index in [0.717, 1.165) is 12.3 Å². The number of hydrogen-bond donors (Lipinski definition) is 1. The van der Waals surface area contributed by atoms with Gasteiger partial charge in [-0.05, 0) is 49.9 Å². The van der Waals surface area contributed by atoms with Crippen LogP contribution in [0.25, 0.3) is 0 Å². The van der Waals surface area contributed by atoms with Gasteiger partial charge in [0.1, 0.15) is 5.75 Å². The average molecular weight is 263 g/mol. The minimum atomic E-state index is 0.276. The van der Waals surface area contributed by atoms with Crippen molar-refractivity contribution in [2.45, 2.75) is 38.8 Å². The van der Waals surface area contributed by atoms with Crippen molar-refractivity contribution >= 4 is 0 Å². The maximum atomic E-state index is 5.73. The third kappa shape index (κ3) is 3.71. The second-order valence-electron chi connectivity index (χ2n) is 5.08. The number of benzene rings is 1. The van der Waals surface area contributed by atoms with E-state index in [-0.39, 0.29) is 12.1 Å². The highest BCUT2D eigenvalue weighted by Gasteiger charge is 2.37. The molecule has 106 valence electrons. The van der Waals surface area contributed by atoms with E-state index in [2.05, 4.69) is 24.4 Å². The van der Waals surface area contributed by atoms with Crippen LogP contribution in [0.2, 0.25) is 0 Å². The molecule has 2 unspecified atom stereocenters. The van der Waals surface area contributed by atoms with Gasteiger partial charge in [-0.15, -0.1) is 0 Å². The van der Waals surface area contributed by atoms with Gasteiger partial charge in [0.2, 0.25) is 0 Å². The van der Waals surface area contributed by atoms with Crippen LogP contribution in [-0.2, 0) is 4.74 Å². The summed E-state index contributed by atoms with van der Waals surface area (Å²) in [6, 6.07) is 8.66. The quantitative estimate of drug-likeness (QED) is 0.781. The molecule has 0 heterocycles. The largest absolute Gasteiger partial charge is 0.494 e. The zero-order valence-electron chi connectivity index (χ0n) is 12.2. The first kappa shape index (κ1) is 14.4. The molecule has 1 aliphatic carbocycles. The number of ether oxygens (including phenoxy) is 2. The SMILES string of the molecule is CCNC(c1ccc(OCC)cc1)C(OC)C1CC1. The van der Waals surface area contributed by atoms with Gasteiger partial charge in [0.15, 0.2) is 0 Å². The average Bonchev–Trinajstić information content (AvgIpc) is 3.25. The molecular weight excluding hydrogens is 238 g/mol. The Morgan fingerprint density at radius 1 is 1.21 bits per heavy atom. The van der Waals surface area contributed by atoms with Gasteiger partial charge in [-0.2, -0.15) is 0 Å². The molecule has 1 aliphatic rings. The second-order valence-corrected chi connectivity index (χ2v) is 5.08. The van der Waals surface area contributed by atoms with Gasteiger partial charge >= 0.3 is 0 Å². The van der Waals surface area contributed by atoms with Crippen LogP contribution in [0.4, 0.5) is 0 Å². The van der Waals surface area contributed by atoms with Gasteiger partial charge in [-0.3, -0.25) is 0 Å². The molecule has 1 fully saturated rings. The van der Waals surface area contributed by atoms with Gasteiger partial charge in [-0.25, -0.2) is 0 Å². The first-order valence-electron chi connectivity index (χ1n) is 7.29. The Kier molecular flexibility index (Phi) is 5.23. The fraction of sp³-hybridized carbons (Fsp3) is 0.625. The van der Waals surface area contributed by atoms with E-state index in [0.29, 0.717) is 12.5 Å². The minimum absolute atomic E-state index is 0.276. The summed E-state index contributed by atoms with van der Waals surface area (Å²) < 4.78 is 11.2. The molecule has 1 N–H and O–H groups in total. The number of nitrogens with one attached hydrogen (secondary N) is 1. The van der Waals surface area contributed by atoms with Gasteiger partial charge < -0.3 is 14.8 Å². The maximum absolute atomic E-state index is 5.73. The maximum Gasteiger partial charge on any atom is 0.119 e. The lowest BCUT2D eigenvalue weighted by molar-refractivity contribution is 0.0511. The third-order valence-corrected chi connectivity index (χ3v) is 3.66. The van der Waals surface area contributed by atoms with Crippen LogP contribution in [0.1, 0.15) is 38.3 Å². The number of methoxy groups -OCH3 is 1. The fourth-order valence-electron chi connectivity index (χ4n) is 2.61. The summed E-state index contributed by atoms with van der Waals surface area (Å²) in [5, 5.41) is 3.56. The van der Waals surface area contributed by atoms with E-state index in [4.69, 9.17) is 9.47 Å². The summed E-state index contributed by atoms with van der Waals surface area (Å²) in [5.74, 6) is 1.64. The van der Waals surface area contributed by atoms with E-state index in [1.807, 2.05) is 26.2 Å². The van der Waals surface area contributed by atoms with Crippen LogP contribution in [0.3, 0.4) is 0 Å². The molecule has 2 rings (SSSR count). The summed E-state index contributed by atoms with van der Waals surface area (Å²) in [6.45, 7) is 5.80. The first-order chi connectivity index (χ1) is 9.30. The van der Waals surface area contributed by atoms with Crippen molar-refractivity contribution in [1.82, 2.24) is 5.32 Å². The van der Waals surface area contributed by atoms with Gasteiger partial charge in [-0.1, -0.05) is 19.1 Å². The molecular formula is C16H25NO2. The Hall–Kier alpha value is -1.06. The van der Waals surface area contributed by atoms with Crippen molar-refractivity contribution in [2.75, 3.05) is 20.3 Å². The summed E-state index contributed by atoms with van der Waals surface area (Å²) in [6.07, 6.45) is 2.85. The molecule has 0 amide bonds. The monoisotopic (exact) mass is 263 g/mol. The number of rotatable bonds is 8. The molecule has 0 spiro atoms. The second kappa shape index (κ2) is 6.92. The smallest absolute Gasteiger partial charge is 0.119 e. The van der Waals surface area contributed by atoms with Crippen molar-refractivity contribution in [3.63, 3.8) is 0 Å². The molecule has 0 aromatic heterocycles. The summed E-state index contributed by atoms with van der Waals surface area (Å²) in [4.78, 5) is 0. The van der Waals surface area contributed by atoms with E-state index in [1.165, 1.54) is 18.4 Å². The van der Waals surface area contributed by atoms with Gasteiger partial charge in [0, 0.05) is 7.11 Å². The highest BCUT2D eigenvalue weighted by molar-refractivity contribution is 5.30. The predicted octanol–water partition coefficient (Wildman–Crippen LogP) is 3.16. The van der Waals surface area contributed by atoms with Crippen molar-refractivity contribution in [3.8, 4) is 5.75 Å². The molecule has 1 aromatic rings. The predicted molar refractivity (Wildman–Crippen MR) is 77.5 cm³/mol. The normalized spacial score (nSPS) is 18.1. The third-order valence-electron chi connectivity index (χ3n) is 3.66. The number of hydrogen-bond acceptors (Lipinski definition) is 3. The molecule has 0 bridgehead atoms. The summed E-state index contributed by atoms with van der Waals surface area (Å²) >= 11 is 0. The molecule has 3 nitrogen and oxygen atoms in total. The van der Waals surface area contributed by atoms with Crippen molar-refractivity contribution in [3.05, 3.63) is 29.8 Å². The fourth-order valence-corrected chi connectivity index (χ4v) is 2.61. The highest BCUT2D eigenvalue weighted by Crippen LogP contribution is 2.39. The Morgan fingerprint density at radius 3 is 2.37 bits per heavy atom. The lowest BCUT2D eigenvalue weighted by atomic mass is 9.98. The van der Waals surface area contributed by atoms with Crippen LogP contribution >= 0.6 is 0 Å². The Bertz CT molecular complexity index is 373. The van der Waals surface area contributed by atoms with Crippen molar-refractivity contribution in [2.24, 2.45) is 5.92 Å². The van der Waals surface area contributed by atoms with Crippen molar-refractivity contribution in [1.29, 1.82) is 0 Å². The topological polar surface area (TPSA) is 30.5 Å². The lowest BCUT2D eigenvalue weighted by Gasteiger charge is -2.27. The van der Waals surface area contributed by atoms with Crippen LogP contribution in [0.5, 0.6) is 5.75 Å². The number of likely N-dealkylation sites (N-methyl/N-ethyl adjacent to an activating group) is 1. The standard InChI is InChI=1S/C16H25NO2/c1-4-17-15(16(18-3)13-6-7-13)12-8-10-14(11-9-12)19-5-2/h8-11,13,15-17H,4-7H2,1-3H3. The zero-order chi connectivity index (χ0) is 13.7. The van der Waals surface area contributed by atoms with Gasteiger partial charge in [0.25, 0.3) is 0 Å². The Balaban J connectivity index is 2.12. The summed E-state index contributed by atoms with van der Waals surface area (Å²) in [7, 11) is 1.82. The Morgan fingerprint density at radius 2 is 1.89 bits per heavy atom. The van der Waals surface area contributed by atoms with E-state index in [1.54, 1.807) is 0 Å². The van der Waals surface area contributed by atoms with Gasteiger partial charge in [0.05, 0.1) is 18.8 Å². The summed E-state index contributed by atoms with van der Waals surface area (Å²) in [5.41, 5.74) is 1.28. The van der Waals surface area contributed by atoms with E-state index < -0.39 is 0 Å². The molecule has 0 saturated heterocycles. The molecule has 1 aromatic carbocycles. The zero-order valence-corrected chi connectivity index (χ0v) is 12.2. The highest BCUT2D eigenvalue weighted by atomic mass is 16.5. The molecule has 3 heteroatoms. The van der Waals surface area contributed by atoms with E-state index in [9.17, 15) is 0 Å².